The summed E-state index contributed by atoms with van der Waals surface area (Å²) in [6, 6.07) is 9.26. The Morgan fingerprint density at radius 2 is 1.82 bits per heavy atom. The summed E-state index contributed by atoms with van der Waals surface area (Å²) >= 11 is 0. The predicted molar refractivity (Wildman–Crippen MR) is 137 cm³/mol. The van der Waals surface area contributed by atoms with E-state index in [1.54, 1.807) is 6.07 Å². The number of piperidine rings is 1. The number of amides is 1. The fourth-order valence-corrected chi connectivity index (χ4v) is 7.21. The zero-order chi connectivity index (χ0) is 27.0. The Morgan fingerprint density at radius 3 is 2.45 bits per heavy atom. The van der Waals surface area contributed by atoms with Gasteiger partial charge in [0.15, 0.2) is 0 Å². The number of nitrogens with zero attached hydrogens (tertiary/aromatic N) is 3. The van der Waals surface area contributed by atoms with Crippen molar-refractivity contribution in [1.82, 2.24) is 19.8 Å². The van der Waals surface area contributed by atoms with Gasteiger partial charge in [0.05, 0.1) is 12.1 Å². The molecular formula is C27H31F2N5O3S. The minimum absolute atomic E-state index is 0.0123. The molecule has 4 unspecified atom stereocenters. The quantitative estimate of drug-likeness (QED) is 0.555. The zero-order valence-electron chi connectivity index (χ0n) is 21.2. The van der Waals surface area contributed by atoms with Gasteiger partial charge in [0, 0.05) is 38.6 Å². The number of sulfonamides is 1. The number of carbonyl (C=O) groups is 1. The maximum atomic E-state index is 15.1. The molecule has 0 aromatic heterocycles. The van der Waals surface area contributed by atoms with Crippen LogP contribution in [0, 0.1) is 28.9 Å². The van der Waals surface area contributed by atoms with Gasteiger partial charge in [0.1, 0.15) is 22.6 Å². The van der Waals surface area contributed by atoms with Crippen LogP contribution in [0.5, 0.6) is 0 Å². The summed E-state index contributed by atoms with van der Waals surface area (Å²) < 4.78 is 57.2. The van der Waals surface area contributed by atoms with Crippen molar-refractivity contribution >= 4 is 15.9 Å². The second-order valence-corrected chi connectivity index (χ2v) is 12.4. The summed E-state index contributed by atoms with van der Waals surface area (Å²) in [5.41, 5.74) is 0.982. The standard InChI is InChI=1S/C27H31F2N5O3S/c1-33-8-10-34(11-9-33)38(36,37)25-15-18(5-7-23(25)28)17-2-3-19(24(29)14-17)12-22(16-30)32-27(35)26-20-4-6-21(13-20)31-26/h2-3,5,7,14-15,20-22,26,31H,4,6,8-13H2,1H3,(H,32,35). The van der Waals surface area contributed by atoms with Gasteiger partial charge in [-0.15, -0.1) is 0 Å². The third kappa shape index (κ3) is 5.31. The highest BCUT2D eigenvalue weighted by Crippen LogP contribution is 2.35. The highest BCUT2D eigenvalue weighted by molar-refractivity contribution is 7.89. The summed E-state index contributed by atoms with van der Waals surface area (Å²) in [5.74, 6) is -1.41. The molecule has 2 bridgehead atoms. The first-order valence-electron chi connectivity index (χ1n) is 12.9. The summed E-state index contributed by atoms with van der Waals surface area (Å²) in [4.78, 5) is 14.2. The van der Waals surface area contributed by atoms with Crippen molar-refractivity contribution < 1.29 is 22.0 Å². The number of benzene rings is 2. The molecule has 2 N–H and O–H groups in total. The number of halogens is 2. The first-order chi connectivity index (χ1) is 18.2. The lowest BCUT2D eigenvalue weighted by Crippen LogP contribution is -2.50. The van der Waals surface area contributed by atoms with Gasteiger partial charge in [-0.05, 0) is 67.1 Å². The Hall–Kier alpha value is -2.91. The van der Waals surface area contributed by atoms with E-state index >= 15 is 4.39 Å². The van der Waals surface area contributed by atoms with Gasteiger partial charge in [0.25, 0.3) is 0 Å². The second kappa shape index (κ2) is 10.7. The van der Waals surface area contributed by atoms with E-state index < -0.39 is 32.6 Å². The number of hydrogen-bond donors (Lipinski definition) is 2. The Kier molecular flexibility index (Phi) is 7.51. The van der Waals surface area contributed by atoms with Crippen LogP contribution in [0.15, 0.2) is 41.3 Å². The number of carbonyl (C=O) groups excluding carboxylic acids is 1. The number of likely N-dealkylation sites (N-methyl/N-ethyl adjacent to an activating group) is 1. The molecule has 0 radical (unpaired) electrons. The van der Waals surface area contributed by atoms with Crippen molar-refractivity contribution in [2.45, 2.75) is 48.7 Å². The van der Waals surface area contributed by atoms with Gasteiger partial charge >= 0.3 is 0 Å². The minimum Gasteiger partial charge on any atom is -0.339 e. The SMILES string of the molecule is CN1CCN(S(=O)(=O)c2cc(-c3ccc(CC(C#N)NC(=O)C4NC5CCC4C5)c(F)c3)ccc2F)CC1. The van der Waals surface area contributed by atoms with Crippen molar-refractivity contribution in [1.29, 1.82) is 5.26 Å². The fraction of sp³-hybridized carbons (Fsp3) is 0.481. The van der Waals surface area contributed by atoms with Crippen molar-refractivity contribution in [3.05, 3.63) is 53.6 Å². The average molecular weight is 544 g/mol. The highest BCUT2D eigenvalue weighted by Gasteiger charge is 2.43. The van der Waals surface area contributed by atoms with Gasteiger partial charge in [0.2, 0.25) is 15.9 Å². The average Bonchev–Trinajstić information content (AvgIpc) is 3.54. The first-order valence-corrected chi connectivity index (χ1v) is 14.3. The summed E-state index contributed by atoms with van der Waals surface area (Å²) in [7, 11) is -2.15. The van der Waals surface area contributed by atoms with E-state index in [1.165, 1.54) is 28.6 Å². The van der Waals surface area contributed by atoms with E-state index in [9.17, 15) is 22.9 Å². The van der Waals surface area contributed by atoms with Gasteiger partial charge in [-0.25, -0.2) is 17.2 Å². The molecule has 202 valence electrons. The highest BCUT2D eigenvalue weighted by atomic mass is 32.2. The van der Waals surface area contributed by atoms with Crippen LogP contribution in [0.25, 0.3) is 11.1 Å². The largest absolute Gasteiger partial charge is 0.339 e. The molecule has 1 saturated carbocycles. The molecule has 2 saturated heterocycles. The topological polar surface area (TPSA) is 106 Å². The van der Waals surface area contributed by atoms with E-state index in [1.807, 2.05) is 18.0 Å². The van der Waals surface area contributed by atoms with Crippen LogP contribution in [0.1, 0.15) is 24.8 Å². The Morgan fingerprint density at radius 1 is 1.11 bits per heavy atom. The molecule has 11 heteroatoms. The van der Waals surface area contributed by atoms with E-state index in [4.69, 9.17) is 0 Å². The normalized spacial score (nSPS) is 24.7. The van der Waals surface area contributed by atoms with Crippen molar-refractivity contribution in [2.75, 3.05) is 33.2 Å². The van der Waals surface area contributed by atoms with Crippen molar-refractivity contribution in [3.8, 4) is 17.2 Å². The third-order valence-corrected chi connectivity index (χ3v) is 9.85. The molecule has 2 heterocycles. The van der Waals surface area contributed by atoms with E-state index in [-0.39, 0.29) is 42.9 Å². The lowest BCUT2D eigenvalue weighted by Gasteiger charge is -2.31. The second-order valence-electron chi connectivity index (χ2n) is 10.5. The number of hydrogen-bond acceptors (Lipinski definition) is 6. The number of nitrogens with one attached hydrogen (secondary N) is 2. The molecule has 2 aromatic rings. The third-order valence-electron chi connectivity index (χ3n) is 7.94. The van der Waals surface area contributed by atoms with Gasteiger partial charge in [-0.2, -0.15) is 9.57 Å². The van der Waals surface area contributed by atoms with Gasteiger partial charge in [-0.1, -0.05) is 18.2 Å². The van der Waals surface area contributed by atoms with Crippen LogP contribution in [0.4, 0.5) is 8.78 Å². The molecule has 0 spiro atoms. The fourth-order valence-electron chi connectivity index (χ4n) is 5.70. The Bertz CT molecular complexity index is 1370. The first kappa shape index (κ1) is 26.7. The Labute approximate surface area is 221 Å². The van der Waals surface area contributed by atoms with Crippen molar-refractivity contribution in [3.63, 3.8) is 0 Å². The van der Waals surface area contributed by atoms with Crippen LogP contribution in [0.3, 0.4) is 0 Å². The van der Waals surface area contributed by atoms with Crippen molar-refractivity contribution in [2.24, 2.45) is 5.92 Å². The van der Waals surface area contributed by atoms with Crippen LogP contribution in [-0.4, -0.2) is 74.9 Å². The smallest absolute Gasteiger partial charge is 0.246 e. The molecule has 2 aliphatic heterocycles. The van der Waals surface area contributed by atoms with Gasteiger partial charge in [-0.3, -0.25) is 4.79 Å². The molecule has 2 aromatic carbocycles. The van der Waals surface area contributed by atoms with E-state index in [2.05, 4.69) is 10.6 Å². The zero-order valence-corrected chi connectivity index (χ0v) is 22.0. The number of nitriles is 1. The lowest BCUT2D eigenvalue weighted by atomic mass is 9.98. The molecule has 3 aliphatic rings. The minimum atomic E-state index is -4.05. The molecule has 5 rings (SSSR count). The van der Waals surface area contributed by atoms with Crippen LogP contribution < -0.4 is 10.6 Å². The molecule has 4 atom stereocenters. The monoisotopic (exact) mass is 543 g/mol. The number of rotatable bonds is 7. The van der Waals surface area contributed by atoms with Crippen LogP contribution in [0.2, 0.25) is 0 Å². The number of piperazine rings is 1. The van der Waals surface area contributed by atoms with Gasteiger partial charge < -0.3 is 15.5 Å². The Balaban J connectivity index is 1.30. The molecule has 1 aliphatic carbocycles. The summed E-state index contributed by atoms with van der Waals surface area (Å²) in [6.07, 6.45) is 3.00. The predicted octanol–water partition coefficient (Wildman–Crippen LogP) is 2.26. The summed E-state index contributed by atoms with van der Waals surface area (Å²) in [5, 5.41) is 15.6. The van der Waals surface area contributed by atoms with Crippen LogP contribution >= 0.6 is 0 Å². The summed E-state index contributed by atoms with van der Waals surface area (Å²) in [6.45, 7) is 1.63. The molecule has 1 amide bonds. The molecular weight excluding hydrogens is 512 g/mol. The number of fused-ring (bicyclic) bond motifs is 2. The maximum Gasteiger partial charge on any atom is 0.246 e. The molecule has 8 nitrogen and oxygen atoms in total. The molecule has 3 fully saturated rings. The van der Waals surface area contributed by atoms with E-state index in [0.717, 1.165) is 25.3 Å². The maximum absolute atomic E-state index is 15.1. The molecule has 38 heavy (non-hydrogen) atoms. The van der Waals surface area contributed by atoms with E-state index in [0.29, 0.717) is 30.3 Å². The lowest BCUT2D eigenvalue weighted by molar-refractivity contribution is -0.124. The van der Waals surface area contributed by atoms with Crippen LogP contribution in [-0.2, 0) is 21.2 Å².